The van der Waals surface area contributed by atoms with E-state index in [1.807, 2.05) is 18.2 Å². The lowest BCUT2D eigenvalue weighted by molar-refractivity contribution is -0.159. The standard InChI is InChI=1S/C18H24O3/c1-13-9-10-15(16(11-13)21-17(20)12-19)18(2,3)14-7-5-4-6-8-14/h4-8,12-13,15-16H,9-11H2,1-3H3/t13-,15+,16-/m1/s1. The van der Waals surface area contributed by atoms with Gasteiger partial charge in [-0.15, -0.1) is 0 Å². The van der Waals surface area contributed by atoms with Gasteiger partial charge >= 0.3 is 5.97 Å². The summed E-state index contributed by atoms with van der Waals surface area (Å²) in [6.07, 6.45) is 3.07. The molecule has 2 rings (SSSR count). The van der Waals surface area contributed by atoms with Crippen LogP contribution >= 0.6 is 0 Å². The number of carbonyl (C=O) groups is 2. The Bertz CT molecular complexity index is 492. The van der Waals surface area contributed by atoms with Crippen molar-refractivity contribution < 1.29 is 14.3 Å². The minimum absolute atomic E-state index is 0.0881. The first-order valence-electron chi connectivity index (χ1n) is 7.66. The van der Waals surface area contributed by atoms with Gasteiger partial charge in [0.15, 0.2) is 0 Å². The van der Waals surface area contributed by atoms with Gasteiger partial charge in [0.1, 0.15) is 6.10 Å². The van der Waals surface area contributed by atoms with Crippen molar-refractivity contribution in [2.45, 2.75) is 51.6 Å². The molecule has 0 spiro atoms. The van der Waals surface area contributed by atoms with Crippen molar-refractivity contribution in [3.63, 3.8) is 0 Å². The number of aldehydes is 1. The number of ether oxygens (including phenoxy) is 1. The predicted molar refractivity (Wildman–Crippen MR) is 81.9 cm³/mol. The van der Waals surface area contributed by atoms with Crippen LogP contribution in [0.25, 0.3) is 0 Å². The molecule has 0 unspecified atom stereocenters. The number of esters is 1. The second-order valence-corrected chi connectivity index (χ2v) is 6.71. The number of rotatable bonds is 4. The van der Waals surface area contributed by atoms with Crippen LogP contribution in [0.5, 0.6) is 0 Å². The lowest BCUT2D eigenvalue weighted by Crippen LogP contribution is -2.43. The van der Waals surface area contributed by atoms with Crippen molar-refractivity contribution in [2.75, 3.05) is 0 Å². The van der Waals surface area contributed by atoms with E-state index in [9.17, 15) is 9.59 Å². The average molecular weight is 288 g/mol. The molecule has 3 atom stereocenters. The summed E-state index contributed by atoms with van der Waals surface area (Å²) in [4.78, 5) is 22.0. The topological polar surface area (TPSA) is 43.4 Å². The molecule has 1 aromatic carbocycles. The Morgan fingerprint density at radius 1 is 1.24 bits per heavy atom. The first-order valence-corrected chi connectivity index (χ1v) is 7.66. The SMILES string of the molecule is C[C@@H]1CC[C@H](C(C)(C)c2ccccc2)[C@H](OC(=O)C=O)C1. The van der Waals surface area contributed by atoms with Crippen molar-refractivity contribution >= 4 is 12.3 Å². The molecular weight excluding hydrogens is 264 g/mol. The first-order chi connectivity index (χ1) is 9.95. The molecular formula is C18H24O3. The lowest BCUT2D eigenvalue weighted by atomic mass is 9.64. The van der Waals surface area contributed by atoms with E-state index in [0.717, 1.165) is 19.3 Å². The van der Waals surface area contributed by atoms with Gasteiger partial charge in [0, 0.05) is 5.92 Å². The molecule has 0 aromatic heterocycles. The van der Waals surface area contributed by atoms with Gasteiger partial charge in [-0.3, -0.25) is 4.79 Å². The third-order valence-corrected chi connectivity index (χ3v) is 4.86. The summed E-state index contributed by atoms with van der Waals surface area (Å²) in [5.41, 5.74) is 1.16. The second-order valence-electron chi connectivity index (χ2n) is 6.71. The van der Waals surface area contributed by atoms with E-state index in [-0.39, 0.29) is 23.7 Å². The highest BCUT2D eigenvalue weighted by atomic mass is 16.5. The molecule has 3 nitrogen and oxygen atoms in total. The van der Waals surface area contributed by atoms with E-state index in [1.54, 1.807) is 0 Å². The summed E-state index contributed by atoms with van der Waals surface area (Å²) in [7, 11) is 0. The monoisotopic (exact) mass is 288 g/mol. The molecule has 114 valence electrons. The van der Waals surface area contributed by atoms with Crippen LogP contribution in [-0.2, 0) is 19.7 Å². The molecule has 3 heteroatoms. The van der Waals surface area contributed by atoms with Crippen molar-refractivity contribution in [1.29, 1.82) is 0 Å². The maximum Gasteiger partial charge on any atom is 0.371 e. The fourth-order valence-corrected chi connectivity index (χ4v) is 3.54. The molecule has 0 bridgehead atoms. The molecule has 0 radical (unpaired) electrons. The summed E-state index contributed by atoms with van der Waals surface area (Å²) in [6, 6.07) is 10.3. The molecule has 1 saturated carbocycles. The van der Waals surface area contributed by atoms with Gasteiger partial charge in [-0.25, -0.2) is 4.79 Å². The average Bonchev–Trinajstić information content (AvgIpc) is 2.48. The Hall–Kier alpha value is -1.64. The van der Waals surface area contributed by atoms with E-state index in [0.29, 0.717) is 5.92 Å². The Morgan fingerprint density at radius 3 is 2.52 bits per heavy atom. The van der Waals surface area contributed by atoms with E-state index < -0.39 is 5.97 Å². The van der Waals surface area contributed by atoms with Gasteiger partial charge in [-0.1, -0.05) is 57.5 Å². The van der Waals surface area contributed by atoms with Crippen LogP contribution in [0.4, 0.5) is 0 Å². The zero-order valence-corrected chi connectivity index (χ0v) is 13.0. The minimum atomic E-state index is -0.747. The van der Waals surface area contributed by atoms with Crippen molar-refractivity contribution in [1.82, 2.24) is 0 Å². The molecule has 1 aliphatic rings. The van der Waals surface area contributed by atoms with E-state index in [2.05, 4.69) is 32.9 Å². The Labute approximate surface area is 126 Å². The fourth-order valence-electron chi connectivity index (χ4n) is 3.54. The molecule has 0 aliphatic heterocycles. The van der Waals surface area contributed by atoms with E-state index in [1.165, 1.54) is 5.56 Å². The predicted octanol–water partition coefficient (Wildman–Crippen LogP) is 3.51. The Morgan fingerprint density at radius 2 is 1.90 bits per heavy atom. The van der Waals surface area contributed by atoms with Gasteiger partial charge in [0.25, 0.3) is 0 Å². The van der Waals surface area contributed by atoms with E-state index >= 15 is 0 Å². The third-order valence-electron chi connectivity index (χ3n) is 4.86. The summed E-state index contributed by atoms with van der Waals surface area (Å²) < 4.78 is 5.42. The Kier molecular flexibility index (Phi) is 4.81. The smallest absolute Gasteiger partial charge is 0.371 e. The molecule has 1 fully saturated rings. The van der Waals surface area contributed by atoms with Crippen molar-refractivity contribution in [2.24, 2.45) is 11.8 Å². The highest BCUT2D eigenvalue weighted by Crippen LogP contribution is 2.43. The van der Waals surface area contributed by atoms with Crippen LogP contribution in [0.15, 0.2) is 30.3 Å². The molecule has 0 saturated heterocycles. The maximum atomic E-state index is 11.4. The zero-order valence-electron chi connectivity index (χ0n) is 13.0. The highest BCUT2D eigenvalue weighted by molar-refractivity contribution is 6.20. The molecule has 21 heavy (non-hydrogen) atoms. The van der Waals surface area contributed by atoms with Gasteiger partial charge in [-0.05, 0) is 29.7 Å². The molecule has 0 heterocycles. The lowest BCUT2D eigenvalue weighted by Gasteiger charge is -2.43. The highest BCUT2D eigenvalue weighted by Gasteiger charge is 2.41. The summed E-state index contributed by atoms with van der Waals surface area (Å²) >= 11 is 0. The zero-order chi connectivity index (χ0) is 15.5. The minimum Gasteiger partial charge on any atom is -0.457 e. The van der Waals surface area contributed by atoms with Gasteiger partial charge in [0.05, 0.1) is 0 Å². The molecule has 1 aromatic rings. The van der Waals surface area contributed by atoms with Crippen LogP contribution < -0.4 is 0 Å². The molecule has 0 N–H and O–H groups in total. The quantitative estimate of drug-likeness (QED) is 0.484. The summed E-state index contributed by atoms with van der Waals surface area (Å²) in [6.45, 7) is 6.57. The number of benzene rings is 1. The number of hydrogen-bond donors (Lipinski definition) is 0. The van der Waals surface area contributed by atoms with Gasteiger partial charge < -0.3 is 4.74 Å². The fraction of sp³-hybridized carbons (Fsp3) is 0.556. The molecule has 1 aliphatic carbocycles. The maximum absolute atomic E-state index is 11.4. The van der Waals surface area contributed by atoms with Crippen LogP contribution in [0.2, 0.25) is 0 Å². The van der Waals surface area contributed by atoms with Crippen LogP contribution in [0.3, 0.4) is 0 Å². The summed E-state index contributed by atoms with van der Waals surface area (Å²) in [5, 5.41) is 0. The number of hydrogen-bond acceptors (Lipinski definition) is 3. The summed E-state index contributed by atoms with van der Waals surface area (Å²) in [5.74, 6) is 0.0141. The first kappa shape index (κ1) is 15.7. The normalized spacial score (nSPS) is 26.1. The third kappa shape index (κ3) is 3.52. The largest absolute Gasteiger partial charge is 0.457 e. The number of carbonyl (C=O) groups excluding carboxylic acids is 2. The van der Waals surface area contributed by atoms with E-state index in [4.69, 9.17) is 4.74 Å². The van der Waals surface area contributed by atoms with Crippen LogP contribution in [0, 0.1) is 11.8 Å². The molecule has 0 amide bonds. The van der Waals surface area contributed by atoms with Crippen LogP contribution in [0.1, 0.15) is 45.6 Å². The Balaban J connectivity index is 2.25. The van der Waals surface area contributed by atoms with Gasteiger partial charge in [-0.2, -0.15) is 0 Å². The van der Waals surface area contributed by atoms with Gasteiger partial charge in [0.2, 0.25) is 6.29 Å². The van der Waals surface area contributed by atoms with Crippen LogP contribution in [-0.4, -0.2) is 18.4 Å². The second kappa shape index (κ2) is 6.42. The van der Waals surface area contributed by atoms with Crippen molar-refractivity contribution in [3.05, 3.63) is 35.9 Å². The van der Waals surface area contributed by atoms with Crippen molar-refractivity contribution in [3.8, 4) is 0 Å².